The predicted molar refractivity (Wildman–Crippen MR) is 70.1 cm³/mol. The van der Waals surface area contributed by atoms with Crippen molar-refractivity contribution in [2.75, 3.05) is 33.5 Å². The van der Waals surface area contributed by atoms with Crippen LogP contribution in [0.1, 0.15) is 17.5 Å². The summed E-state index contributed by atoms with van der Waals surface area (Å²) in [5, 5.41) is 12.1. The van der Waals surface area contributed by atoms with Gasteiger partial charge in [-0.3, -0.25) is 0 Å². The summed E-state index contributed by atoms with van der Waals surface area (Å²) < 4.78 is 23.2. The Labute approximate surface area is 113 Å². The molecule has 0 amide bonds. The van der Waals surface area contributed by atoms with Crippen LogP contribution < -0.4 is 5.32 Å². The molecule has 0 aliphatic rings. The van der Waals surface area contributed by atoms with Crippen molar-refractivity contribution in [3.63, 3.8) is 0 Å². The van der Waals surface area contributed by atoms with Crippen LogP contribution in [0.15, 0.2) is 18.2 Å². The number of nitrogens with one attached hydrogen (secondary N) is 1. The van der Waals surface area contributed by atoms with E-state index < -0.39 is 0 Å². The van der Waals surface area contributed by atoms with E-state index in [0.29, 0.717) is 37.5 Å². The molecule has 0 fully saturated rings. The van der Waals surface area contributed by atoms with Crippen LogP contribution in [0.25, 0.3) is 0 Å². The molecule has 0 aromatic heterocycles. The highest BCUT2D eigenvalue weighted by Gasteiger charge is 2.03. The van der Waals surface area contributed by atoms with E-state index in [1.54, 1.807) is 7.11 Å². The second-order valence-corrected chi connectivity index (χ2v) is 4.05. The summed E-state index contributed by atoms with van der Waals surface area (Å²) in [6.45, 7) is 3.10. The van der Waals surface area contributed by atoms with Crippen LogP contribution in [0.2, 0.25) is 0 Å². The van der Waals surface area contributed by atoms with Crippen molar-refractivity contribution in [2.45, 2.75) is 13.0 Å². The van der Waals surface area contributed by atoms with Gasteiger partial charge in [-0.15, -0.1) is 0 Å². The van der Waals surface area contributed by atoms with Gasteiger partial charge in [-0.05, 0) is 36.7 Å². The van der Waals surface area contributed by atoms with E-state index in [1.165, 1.54) is 18.2 Å². The molecule has 0 heterocycles. The van der Waals surface area contributed by atoms with Crippen molar-refractivity contribution >= 4 is 0 Å². The van der Waals surface area contributed by atoms with Gasteiger partial charge in [-0.1, -0.05) is 0 Å². The molecule has 1 rings (SSSR count). The molecular weight excluding hydrogens is 247 g/mol. The van der Waals surface area contributed by atoms with Crippen LogP contribution in [-0.2, 0) is 16.0 Å². The van der Waals surface area contributed by atoms with E-state index in [0.717, 1.165) is 13.0 Å². The third-order valence-electron chi connectivity index (χ3n) is 2.58. The highest BCUT2D eigenvalue weighted by Crippen LogP contribution is 2.09. The first-order valence-corrected chi connectivity index (χ1v) is 6.24. The molecule has 0 aliphatic heterocycles. The summed E-state index contributed by atoms with van der Waals surface area (Å²) in [6.07, 6.45) is 0.862. The Balaban J connectivity index is 2.19. The van der Waals surface area contributed by atoms with E-state index in [-0.39, 0.29) is 5.82 Å². The zero-order chi connectivity index (χ0) is 13.9. The van der Waals surface area contributed by atoms with Crippen LogP contribution in [-0.4, -0.2) is 33.5 Å². The number of hydrogen-bond donors (Lipinski definition) is 1. The molecule has 5 heteroatoms. The van der Waals surface area contributed by atoms with Crippen LogP contribution in [0.3, 0.4) is 0 Å². The number of halogens is 1. The van der Waals surface area contributed by atoms with Gasteiger partial charge in [0.1, 0.15) is 5.82 Å². The first-order chi connectivity index (χ1) is 9.27. The maximum absolute atomic E-state index is 13.1. The van der Waals surface area contributed by atoms with Gasteiger partial charge >= 0.3 is 0 Å². The summed E-state index contributed by atoms with van der Waals surface area (Å²) in [5.41, 5.74) is 1.19. The maximum atomic E-state index is 13.1. The molecule has 0 saturated carbocycles. The fraction of sp³-hybridized carbons (Fsp3) is 0.500. The van der Waals surface area contributed by atoms with Gasteiger partial charge in [0.05, 0.1) is 24.8 Å². The molecule has 1 N–H and O–H groups in total. The minimum absolute atomic E-state index is 0.321. The van der Waals surface area contributed by atoms with Crippen LogP contribution in [0.5, 0.6) is 0 Å². The smallest absolute Gasteiger partial charge is 0.123 e. The SMILES string of the molecule is COCCOCCCNCc1cc(F)ccc1C#N. The molecule has 0 atom stereocenters. The Morgan fingerprint density at radius 1 is 1.32 bits per heavy atom. The van der Waals surface area contributed by atoms with E-state index in [9.17, 15) is 4.39 Å². The highest BCUT2D eigenvalue weighted by molar-refractivity contribution is 5.37. The van der Waals surface area contributed by atoms with Crippen LogP contribution >= 0.6 is 0 Å². The number of nitriles is 1. The summed E-state index contributed by atoms with van der Waals surface area (Å²) in [5.74, 6) is -0.321. The van der Waals surface area contributed by atoms with E-state index >= 15 is 0 Å². The lowest BCUT2D eigenvalue weighted by Crippen LogP contribution is -2.17. The van der Waals surface area contributed by atoms with Gasteiger partial charge < -0.3 is 14.8 Å². The molecule has 0 saturated heterocycles. The number of ether oxygens (including phenoxy) is 2. The molecule has 19 heavy (non-hydrogen) atoms. The molecule has 4 nitrogen and oxygen atoms in total. The van der Waals surface area contributed by atoms with Gasteiger partial charge in [-0.2, -0.15) is 5.26 Å². The molecular formula is C14H19FN2O2. The third kappa shape index (κ3) is 6.30. The number of methoxy groups -OCH3 is 1. The summed E-state index contributed by atoms with van der Waals surface area (Å²) in [7, 11) is 1.64. The fourth-order valence-electron chi connectivity index (χ4n) is 1.58. The van der Waals surface area contributed by atoms with E-state index in [4.69, 9.17) is 14.7 Å². The zero-order valence-corrected chi connectivity index (χ0v) is 11.1. The molecule has 0 radical (unpaired) electrons. The Hall–Kier alpha value is -1.48. The normalized spacial score (nSPS) is 10.4. The molecule has 1 aromatic rings. The summed E-state index contributed by atoms with van der Waals surface area (Å²) in [6, 6.07) is 6.24. The molecule has 0 unspecified atom stereocenters. The second-order valence-electron chi connectivity index (χ2n) is 4.05. The quantitative estimate of drug-likeness (QED) is 0.693. The zero-order valence-electron chi connectivity index (χ0n) is 11.1. The Morgan fingerprint density at radius 3 is 2.89 bits per heavy atom. The first-order valence-electron chi connectivity index (χ1n) is 6.24. The van der Waals surface area contributed by atoms with Crippen molar-refractivity contribution in [3.05, 3.63) is 35.1 Å². The van der Waals surface area contributed by atoms with Crippen molar-refractivity contribution in [3.8, 4) is 6.07 Å². The molecule has 0 aliphatic carbocycles. The average molecular weight is 266 g/mol. The van der Waals surface area contributed by atoms with Gasteiger partial charge in [-0.25, -0.2) is 4.39 Å². The summed E-state index contributed by atoms with van der Waals surface area (Å²) >= 11 is 0. The molecule has 0 spiro atoms. The molecule has 1 aromatic carbocycles. The third-order valence-corrected chi connectivity index (χ3v) is 2.58. The van der Waals surface area contributed by atoms with Crippen molar-refractivity contribution < 1.29 is 13.9 Å². The van der Waals surface area contributed by atoms with Crippen molar-refractivity contribution in [1.82, 2.24) is 5.32 Å². The van der Waals surface area contributed by atoms with E-state index in [2.05, 4.69) is 11.4 Å². The van der Waals surface area contributed by atoms with Crippen LogP contribution in [0, 0.1) is 17.1 Å². The Bertz CT molecular complexity index is 418. The predicted octanol–water partition coefficient (Wildman–Crippen LogP) is 1.84. The Morgan fingerprint density at radius 2 is 2.16 bits per heavy atom. The maximum Gasteiger partial charge on any atom is 0.123 e. The lowest BCUT2D eigenvalue weighted by atomic mass is 10.1. The standard InChI is InChI=1S/C14H19FN2O2/c1-18-7-8-19-6-2-5-17-11-13-9-14(15)4-3-12(13)10-16/h3-4,9,17H,2,5-8,11H2,1H3. The topological polar surface area (TPSA) is 54.3 Å². The monoisotopic (exact) mass is 266 g/mol. The Kier molecular flexibility index (Phi) is 7.75. The largest absolute Gasteiger partial charge is 0.382 e. The number of rotatable bonds is 9. The number of nitrogens with zero attached hydrogens (tertiary/aromatic N) is 1. The van der Waals surface area contributed by atoms with Crippen molar-refractivity contribution in [2.24, 2.45) is 0 Å². The lowest BCUT2D eigenvalue weighted by Gasteiger charge is -2.07. The number of benzene rings is 1. The second kappa shape index (κ2) is 9.45. The first kappa shape index (κ1) is 15.6. The number of hydrogen-bond acceptors (Lipinski definition) is 4. The lowest BCUT2D eigenvalue weighted by molar-refractivity contribution is 0.0695. The minimum atomic E-state index is -0.321. The van der Waals surface area contributed by atoms with Gasteiger partial charge in [0.2, 0.25) is 0 Å². The van der Waals surface area contributed by atoms with Crippen LogP contribution in [0.4, 0.5) is 4.39 Å². The molecule has 0 bridgehead atoms. The van der Waals surface area contributed by atoms with Crippen molar-refractivity contribution in [1.29, 1.82) is 5.26 Å². The summed E-state index contributed by atoms with van der Waals surface area (Å²) in [4.78, 5) is 0. The minimum Gasteiger partial charge on any atom is -0.382 e. The van der Waals surface area contributed by atoms with Gasteiger partial charge in [0.25, 0.3) is 0 Å². The fourth-order valence-corrected chi connectivity index (χ4v) is 1.58. The average Bonchev–Trinajstić information content (AvgIpc) is 2.42. The van der Waals surface area contributed by atoms with Gasteiger partial charge in [0.15, 0.2) is 0 Å². The highest BCUT2D eigenvalue weighted by atomic mass is 19.1. The molecule has 104 valence electrons. The van der Waals surface area contributed by atoms with E-state index in [1.807, 2.05) is 0 Å². The van der Waals surface area contributed by atoms with Gasteiger partial charge in [0, 0.05) is 20.3 Å².